The van der Waals surface area contributed by atoms with Gasteiger partial charge in [-0.2, -0.15) is 8.78 Å². The van der Waals surface area contributed by atoms with Crippen molar-refractivity contribution in [1.82, 2.24) is 0 Å². The molecule has 1 unspecified atom stereocenters. The molecule has 1 atom stereocenters. The predicted molar refractivity (Wildman–Crippen MR) is 66.9 cm³/mol. The molecule has 0 aliphatic carbocycles. The number of unbranched alkanes of at least 4 members (excludes halogenated alkanes) is 1. The summed E-state index contributed by atoms with van der Waals surface area (Å²) in [4.78, 5) is 0. The van der Waals surface area contributed by atoms with Crippen molar-refractivity contribution in [2.75, 3.05) is 6.61 Å². The molecular formula is C14H19F2O2. The second-order valence-electron chi connectivity index (χ2n) is 4.27. The Balaban J connectivity index is 2.95. The number of ether oxygens (including phenoxy) is 1. The molecule has 1 N–H and O–H groups in total. The van der Waals surface area contributed by atoms with Crippen LogP contribution in [-0.4, -0.2) is 18.3 Å². The van der Waals surface area contributed by atoms with Gasteiger partial charge in [0.25, 0.3) is 0 Å². The quantitative estimate of drug-likeness (QED) is 0.809. The fourth-order valence-electron chi connectivity index (χ4n) is 1.72. The molecule has 1 aromatic carbocycles. The maximum atomic E-state index is 12.2. The minimum Gasteiger partial charge on any atom is -0.435 e. The number of rotatable bonds is 7. The van der Waals surface area contributed by atoms with Gasteiger partial charge < -0.3 is 9.84 Å². The molecular weight excluding hydrogens is 238 g/mol. The van der Waals surface area contributed by atoms with Crippen molar-refractivity contribution in [3.63, 3.8) is 0 Å². The molecule has 0 spiro atoms. The Labute approximate surface area is 107 Å². The molecule has 18 heavy (non-hydrogen) atoms. The van der Waals surface area contributed by atoms with Gasteiger partial charge >= 0.3 is 6.61 Å². The zero-order valence-corrected chi connectivity index (χ0v) is 10.5. The van der Waals surface area contributed by atoms with E-state index in [9.17, 15) is 8.78 Å². The summed E-state index contributed by atoms with van der Waals surface area (Å²) in [6, 6.07) is 5.02. The molecule has 0 aliphatic heterocycles. The smallest absolute Gasteiger partial charge is 0.387 e. The van der Waals surface area contributed by atoms with Crippen LogP contribution in [0.3, 0.4) is 0 Å². The molecule has 0 amide bonds. The second-order valence-corrected chi connectivity index (χ2v) is 4.27. The van der Waals surface area contributed by atoms with Crippen molar-refractivity contribution >= 4 is 0 Å². The van der Waals surface area contributed by atoms with Crippen LogP contribution >= 0.6 is 0 Å². The average Bonchev–Trinajstić information content (AvgIpc) is 2.34. The van der Waals surface area contributed by atoms with Crippen molar-refractivity contribution in [2.45, 2.75) is 38.7 Å². The lowest BCUT2D eigenvalue weighted by molar-refractivity contribution is -0.0499. The lowest BCUT2D eigenvalue weighted by atomic mass is 9.97. The van der Waals surface area contributed by atoms with Crippen LogP contribution in [0.5, 0.6) is 5.75 Å². The Bertz CT molecular complexity index is 367. The standard InChI is InChI=1S/C14H19F2O2/c1-3-4-5-11-6-12(10(2)9-17)8-13(7-11)18-14(15)16/h6-8,10,14,17H,2-5,9H2,1H3. The van der Waals surface area contributed by atoms with Gasteiger partial charge in [-0.05, 0) is 43.0 Å². The molecule has 0 aliphatic rings. The summed E-state index contributed by atoms with van der Waals surface area (Å²) in [7, 11) is 0. The maximum absolute atomic E-state index is 12.2. The third kappa shape index (κ3) is 4.61. The Kier molecular flexibility index (Phi) is 6.05. The number of aliphatic hydroxyl groups is 1. The summed E-state index contributed by atoms with van der Waals surface area (Å²) in [6.07, 6.45) is 2.82. The van der Waals surface area contributed by atoms with E-state index < -0.39 is 6.61 Å². The van der Waals surface area contributed by atoms with Crippen molar-refractivity contribution < 1.29 is 18.6 Å². The van der Waals surface area contributed by atoms with Crippen molar-refractivity contribution in [2.24, 2.45) is 0 Å². The van der Waals surface area contributed by atoms with Crippen LogP contribution in [0.15, 0.2) is 18.2 Å². The summed E-state index contributed by atoms with van der Waals surface area (Å²) in [5, 5.41) is 9.08. The van der Waals surface area contributed by atoms with E-state index in [-0.39, 0.29) is 18.3 Å². The normalized spacial score (nSPS) is 12.8. The van der Waals surface area contributed by atoms with E-state index in [0.29, 0.717) is 0 Å². The maximum Gasteiger partial charge on any atom is 0.387 e. The molecule has 1 aromatic rings. The van der Waals surface area contributed by atoms with Crippen molar-refractivity contribution in [3.8, 4) is 5.75 Å². The van der Waals surface area contributed by atoms with Crippen LogP contribution in [0.4, 0.5) is 8.78 Å². The van der Waals surface area contributed by atoms with Gasteiger partial charge in [-0.25, -0.2) is 0 Å². The fourth-order valence-corrected chi connectivity index (χ4v) is 1.72. The third-order valence-electron chi connectivity index (χ3n) is 2.72. The zero-order valence-electron chi connectivity index (χ0n) is 10.5. The SMILES string of the molecule is [CH2]C(CO)c1cc(CCCC)cc(OC(F)F)c1. The Morgan fingerprint density at radius 1 is 1.33 bits per heavy atom. The first-order valence-electron chi connectivity index (χ1n) is 6.09. The van der Waals surface area contributed by atoms with Crippen LogP contribution in [-0.2, 0) is 6.42 Å². The highest BCUT2D eigenvalue weighted by Gasteiger charge is 2.11. The topological polar surface area (TPSA) is 29.5 Å². The lowest BCUT2D eigenvalue weighted by Crippen LogP contribution is -2.05. The molecule has 1 rings (SSSR count). The molecule has 0 fully saturated rings. The van der Waals surface area contributed by atoms with E-state index in [1.54, 1.807) is 6.07 Å². The number of hydrogen-bond acceptors (Lipinski definition) is 2. The van der Waals surface area contributed by atoms with Gasteiger partial charge in [-0.3, -0.25) is 0 Å². The largest absolute Gasteiger partial charge is 0.435 e. The van der Waals surface area contributed by atoms with Crippen LogP contribution in [0.25, 0.3) is 0 Å². The molecule has 0 bridgehead atoms. The van der Waals surface area contributed by atoms with Crippen LogP contribution < -0.4 is 4.74 Å². The van der Waals surface area contributed by atoms with E-state index in [4.69, 9.17) is 5.11 Å². The molecule has 101 valence electrons. The second kappa shape index (κ2) is 7.31. The number of halogens is 2. The number of aryl methyl sites for hydroxylation is 1. The summed E-state index contributed by atoms with van der Waals surface area (Å²) in [5.74, 6) is -0.192. The summed E-state index contributed by atoms with van der Waals surface area (Å²) >= 11 is 0. The molecule has 1 radical (unpaired) electrons. The van der Waals surface area contributed by atoms with Crippen molar-refractivity contribution in [1.29, 1.82) is 0 Å². The number of aliphatic hydroxyl groups excluding tert-OH is 1. The van der Waals surface area contributed by atoms with Crippen LogP contribution in [0, 0.1) is 6.92 Å². The predicted octanol–water partition coefficient (Wildman–Crippen LogP) is 3.54. The summed E-state index contributed by atoms with van der Waals surface area (Å²) < 4.78 is 28.9. The first-order chi connectivity index (χ1) is 8.56. The molecule has 2 nitrogen and oxygen atoms in total. The van der Waals surface area contributed by atoms with Gasteiger partial charge in [0.2, 0.25) is 0 Å². The Morgan fingerprint density at radius 2 is 2.06 bits per heavy atom. The fraction of sp³-hybridized carbons (Fsp3) is 0.500. The van der Waals surface area contributed by atoms with Crippen LogP contribution in [0.1, 0.15) is 36.8 Å². The number of hydrogen-bond donors (Lipinski definition) is 1. The highest BCUT2D eigenvalue weighted by molar-refractivity contribution is 5.37. The van der Waals surface area contributed by atoms with Gasteiger partial charge in [-0.15, -0.1) is 0 Å². The van der Waals surface area contributed by atoms with Crippen molar-refractivity contribution in [3.05, 3.63) is 36.2 Å². The third-order valence-corrected chi connectivity index (χ3v) is 2.72. The van der Waals surface area contributed by atoms with Gasteiger partial charge in [0.1, 0.15) is 5.75 Å². The van der Waals surface area contributed by atoms with Gasteiger partial charge in [-0.1, -0.05) is 19.4 Å². The monoisotopic (exact) mass is 257 g/mol. The highest BCUT2D eigenvalue weighted by atomic mass is 19.3. The van der Waals surface area contributed by atoms with E-state index in [1.165, 1.54) is 6.07 Å². The Morgan fingerprint density at radius 3 is 2.61 bits per heavy atom. The molecule has 4 heteroatoms. The zero-order chi connectivity index (χ0) is 13.5. The summed E-state index contributed by atoms with van der Waals surface area (Å²) in [6.45, 7) is 2.89. The average molecular weight is 257 g/mol. The molecule has 0 heterocycles. The minimum absolute atomic E-state index is 0.120. The summed E-state index contributed by atoms with van der Waals surface area (Å²) in [5.41, 5.74) is 1.66. The molecule has 0 saturated carbocycles. The number of alkyl halides is 2. The lowest BCUT2D eigenvalue weighted by Gasteiger charge is -2.14. The van der Waals surface area contributed by atoms with Crippen LogP contribution in [0.2, 0.25) is 0 Å². The van der Waals surface area contributed by atoms with Gasteiger partial charge in [0.15, 0.2) is 0 Å². The van der Waals surface area contributed by atoms with Gasteiger partial charge in [0.05, 0.1) is 0 Å². The first-order valence-corrected chi connectivity index (χ1v) is 6.09. The Hall–Kier alpha value is -1.16. The first kappa shape index (κ1) is 14.9. The minimum atomic E-state index is -2.84. The molecule has 0 saturated heterocycles. The highest BCUT2D eigenvalue weighted by Crippen LogP contribution is 2.25. The van der Waals surface area contributed by atoms with Gasteiger partial charge in [0, 0.05) is 12.5 Å². The van der Waals surface area contributed by atoms with E-state index in [2.05, 4.69) is 18.6 Å². The van der Waals surface area contributed by atoms with E-state index in [0.717, 1.165) is 30.4 Å². The van der Waals surface area contributed by atoms with E-state index in [1.807, 2.05) is 6.07 Å². The van der Waals surface area contributed by atoms with E-state index >= 15 is 0 Å². The number of benzene rings is 1. The molecule has 0 aromatic heterocycles.